The fourth-order valence-electron chi connectivity index (χ4n) is 3.79. The van der Waals surface area contributed by atoms with E-state index in [0.29, 0.717) is 34.1 Å². The van der Waals surface area contributed by atoms with Crippen molar-refractivity contribution in [1.29, 1.82) is 0 Å². The van der Waals surface area contributed by atoms with Crippen LogP contribution in [0.5, 0.6) is 0 Å². The highest BCUT2D eigenvalue weighted by Gasteiger charge is 2.36. The third-order valence-corrected chi connectivity index (χ3v) is 5.40. The number of hydrogen-bond donors (Lipinski definition) is 1. The SMILES string of the molecule is Cn1cnnc1-c1cc(F)ccc1-c1cccc(-c2nc3cc(C(=O)O)cc(C(F)(F)F)c3o2)c1. The van der Waals surface area contributed by atoms with Crippen molar-refractivity contribution >= 4 is 17.1 Å². The summed E-state index contributed by atoms with van der Waals surface area (Å²) >= 11 is 0. The molecule has 11 heteroatoms. The third kappa shape index (κ3) is 4.01. The van der Waals surface area contributed by atoms with Crippen LogP contribution < -0.4 is 0 Å². The molecule has 0 saturated heterocycles. The number of aromatic nitrogens is 4. The van der Waals surface area contributed by atoms with E-state index in [1.54, 1.807) is 41.9 Å². The van der Waals surface area contributed by atoms with Gasteiger partial charge in [0, 0.05) is 18.2 Å². The monoisotopic (exact) mass is 482 g/mol. The van der Waals surface area contributed by atoms with Gasteiger partial charge in [0.05, 0.1) is 5.56 Å². The smallest absolute Gasteiger partial charge is 0.420 e. The zero-order valence-electron chi connectivity index (χ0n) is 17.8. The first-order valence-corrected chi connectivity index (χ1v) is 10.1. The van der Waals surface area contributed by atoms with Gasteiger partial charge in [0.25, 0.3) is 0 Å². The maximum Gasteiger partial charge on any atom is 0.420 e. The molecule has 0 radical (unpaired) electrons. The Labute approximate surface area is 194 Å². The molecule has 176 valence electrons. The number of fused-ring (bicyclic) bond motifs is 1. The van der Waals surface area contributed by atoms with E-state index in [4.69, 9.17) is 4.42 Å². The lowest BCUT2D eigenvalue weighted by molar-refractivity contribution is -0.136. The van der Waals surface area contributed by atoms with Crippen molar-refractivity contribution in [3.8, 4) is 34.0 Å². The number of hydrogen-bond acceptors (Lipinski definition) is 5. The van der Waals surface area contributed by atoms with Gasteiger partial charge in [-0.25, -0.2) is 14.2 Å². The number of alkyl halides is 3. The van der Waals surface area contributed by atoms with Crippen LogP contribution in [0.4, 0.5) is 17.6 Å². The molecular formula is C24H14F4N4O3. The molecule has 2 heterocycles. The Hall–Kier alpha value is -4.54. The van der Waals surface area contributed by atoms with Gasteiger partial charge >= 0.3 is 12.1 Å². The average molecular weight is 482 g/mol. The molecular weight excluding hydrogens is 468 g/mol. The van der Waals surface area contributed by atoms with Gasteiger partial charge in [-0.05, 0) is 47.5 Å². The molecule has 0 amide bonds. The van der Waals surface area contributed by atoms with Gasteiger partial charge < -0.3 is 14.1 Å². The van der Waals surface area contributed by atoms with E-state index in [1.165, 1.54) is 18.5 Å². The summed E-state index contributed by atoms with van der Waals surface area (Å²) < 4.78 is 61.9. The molecule has 0 saturated carbocycles. The van der Waals surface area contributed by atoms with E-state index in [9.17, 15) is 27.5 Å². The number of halogens is 4. The van der Waals surface area contributed by atoms with Crippen LogP contribution in [0.2, 0.25) is 0 Å². The highest BCUT2D eigenvalue weighted by atomic mass is 19.4. The largest absolute Gasteiger partial charge is 0.478 e. The standard InChI is InChI=1S/C24H14F4N4O3/c1-32-11-29-31-21(32)17-10-15(25)5-6-16(17)12-3-2-4-13(7-12)22-30-19-9-14(23(33)34)8-18(20(19)35-22)24(26,27)28/h2-11H,1H3,(H,33,34). The van der Waals surface area contributed by atoms with E-state index in [0.717, 1.165) is 6.07 Å². The fraction of sp³-hybridized carbons (Fsp3) is 0.0833. The van der Waals surface area contributed by atoms with Crippen LogP contribution in [0.3, 0.4) is 0 Å². The van der Waals surface area contributed by atoms with Crippen LogP contribution in [-0.2, 0) is 13.2 Å². The lowest BCUT2D eigenvalue weighted by Gasteiger charge is -2.10. The Morgan fingerprint density at radius 3 is 2.49 bits per heavy atom. The number of carbonyl (C=O) groups is 1. The lowest BCUT2D eigenvalue weighted by atomic mass is 9.97. The van der Waals surface area contributed by atoms with Gasteiger partial charge in [0.15, 0.2) is 11.4 Å². The van der Waals surface area contributed by atoms with Crippen LogP contribution in [0, 0.1) is 5.82 Å². The molecule has 0 spiro atoms. The Morgan fingerprint density at radius 1 is 1.03 bits per heavy atom. The molecule has 0 bridgehead atoms. The van der Waals surface area contributed by atoms with Gasteiger partial charge in [0.2, 0.25) is 5.89 Å². The summed E-state index contributed by atoms with van der Waals surface area (Å²) in [7, 11) is 1.71. The van der Waals surface area contributed by atoms with Crippen molar-refractivity contribution in [2.45, 2.75) is 6.18 Å². The number of aromatic carboxylic acids is 1. The van der Waals surface area contributed by atoms with Crippen molar-refractivity contribution in [2.75, 3.05) is 0 Å². The van der Waals surface area contributed by atoms with Crippen LogP contribution >= 0.6 is 0 Å². The molecule has 0 aliphatic rings. The summed E-state index contributed by atoms with van der Waals surface area (Å²) in [4.78, 5) is 15.4. The minimum Gasteiger partial charge on any atom is -0.478 e. The second kappa shape index (κ2) is 8.05. The maximum atomic E-state index is 14.1. The summed E-state index contributed by atoms with van der Waals surface area (Å²) in [6, 6.07) is 12.3. The second-order valence-electron chi connectivity index (χ2n) is 7.73. The van der Waals surface area contributed by atoms with E-state index in [-0.39, 0.29) is 11.4 Å². The summed E-state index contributed by atoms with van der Waals surface area (Å²) in [5.74, 6) is -1.70. The van der Waals surface area contributed by atoms with E-state index < -0.39 is 34.7 Å². The van der Waals surface area contributed by atoms with E-state index in [2.05, 4.69) is 15.2 Å². The molecule has 0 aliphatic heterocycles. The fourth-order valence-corrected chi connectivity index (χ4v) is 3.79. The first kappa shape index (κ1) is 22.3. The zero-order valence-corrected chi connectivity index (χ0v) is 17.8. The highest BCUT2D eigenvalue weighted by Crippen LogP contribution is 2.39. The van der Waals surface area contributed by atoms with Gasteiger partial charge in [0.1, 0.15) is 23.2 Å². The number of nitrogens with zero attached hydrogens (tertiary/aromatic N) is 4. The maximum absolute atomic E-state index is 14.1. The Balaban J connectivity index is 1.66. The normalized spacial score (nSPS) is 11.8. The predicted molar refractivity (Wildman–Crippen MR) is 117 cm³/mol. The minimum absolute atomic E-state index is 0.128. The van der Waals surface area contributed by atoms with Crippen molar-refractivity contribution in [3.63, 3.8) is 0 Å². The molecule has 1 N–H and O–H groups in total. The molecule has 0 aliphatic carbocycles. The number of carboxylic acid groups (broad SMARTS) is 1. The van der Waals surface area contributed by atoms with Gasteiger partial charge in [-0.1, -0.05) is 18.2 Å². The van der Waals surface area contributed by atoms with Crippen LogP contribution in [-0.4, -0.2) is 30.8 Å². The van der Waals surface area contributed by atoms with Gasteiger partial charge in [-0.3, -0.25) is 0 Å². The molecule has 0 atom stereocenters. The molecule has 35 heavy (non-hydrogen) atoms. The number of aryl methyl sites for hydroxylation is 1. The van der Waals surface area contributed by atoms with E-state index >= 15 is 0 Å². The minimum atomic E-state index is -4.85. The summed E-state index contributed by atoms with van der Waals surface area (Å²) in [6.07, 6.45) is -3.37. The summed E-state index contributed by atoms with van der Waals surface area (Å²) in [6.45, 7) is 0. The van der Waals surface area contributed by atoms with Gasteiger partial charge in [-0.2, -0.15) is 13.2 Å². The van der Waals surface area contributed by atoms with Crippen LogP contribution in [0.1, 0.15) is 15.9 Å². The Morgan fingerprint density at radius 2 is 1.80 bits per heavy atom. The number of rotatable bonds is 4. The first-order chi connectivity index (χ1) is 16.6. The van der Waals surface area contributed by atoms with E-state index in [1.807, 2.05) is 0 Å². The average Bonchev–Trinajstić information content (AvgIpc) is 3.43. The Kier molecular flexibility index (Phi) is 5.12. The quantitative estimate of drug-likeness (QED) is 0.325. The molecule has 3 aromatic carbocycles. The molecule has 5 rings (SSSR count). The van der Waals surface area contributed by atoms with Crippen molar-refractivity contribution in [3.05, 3.63) is 77.9 Å². The number of benzene rings is 3. The van der Waals surface area contributed by atoms with Crippen LogP contribution in [0.15, 0.2) is 65.3 Å². The molecule has 2 aromatic heterocycles. The summed E-state index contributed by atoms with van der Waals surface area (Å²) in [5.41, 5.74) is -0.580. The van der Waals surface area contributed by atoms with Gasteiger partial charge in [-0.15, -0.1) is 10.2 Å². The van der Waals surface area contributed by atoms with Crippen molar-refractivity contribution in [2.24, 2.45) is 7.05 Å². The van der Waals surface area contributed by atoms with Crippen molar-refractivity contribution < 1.29 is 31.9 Å². The third-order valence-electron chi connectivity index (χ3n) is 5.40. The molecule has 5 aromatic rings. The molecule has 0 unspecified atom stereocenters. The highest BCUT2D eigenvalue weighted by molar-refractivity contribution is 5.94. The zero-order chi connectivity index (χ0) is 24.9. The topological polar surface area (TPSA) is 94.0 Å². The molecule has 7 nitrogen and oxygen atoms in total. The molecule has 0 fully saturated rings. The number of carboxylic acids is 1. The Bertz CT molecular complexity index is 1600. The lowest BCUT2D eigenvalue weighted by Crippen LogP contribution is -2.08. The van der Waals surface area contributed by atoms with Crippen LogP contribution in [0.25, 0.3) is 45.1 Å². The predicted octanol–water partition coefficient (Wildman–Crippen LogP) is 5.81. The number of oxazole rings is 1. The van der Waals surface area contributed by atoms with Crippen molar-refractivity contribution in [1.82, 2.24) is 19.7 Å². The second-order valence-corrected chi connectivity index (χ2v) is 7.73. The first-order valence-electron chi connectivity index (χ1n) is 10.1. The summed E-state index contributed by atoms with van der Waals surface area (Å²) in [5, 5.41) is 17.1.